The summed E-state index contributed by atoms with van der Waals surface area (Å²) in [7, 11) is -3.14. The van der Waals surface area contributed by atoms with Gasteiger partial charge >= 0.3 is 13.7 Å². The first-order chi connectivity index (χ1) is 19.2. The molecule has 0 aromatic heterocycles. The van der Waals surface area contributed by atoms with E-state index in [1.54, 1.807) is 26.8 Å². The summed E-state index contributed by atoms with van der Waals surface area (Å²) in [6.45, 7) is 10.8. The molecule has 1 aliphatic rings. The van der Waals surface area contributed by atoms with E-state index in [2.05, 4.69) is 28.5 Å². The average molecular weight is 600 g/mol. The normalized spacial score (nSPS) is 25.7. The molecule has 0 bridgehead atoms. The topological polar surface area (TPSA) is 188 Å². The summed E-state index contributed by atoms with van der Waals surface area (Å²) in [6.07, 6.45) is 1.80. The lowest BCUT2D eigenvalue weighted by molar-refractivity contribution is -0.149. The molecule has 0 aromatic rings. The van der Waals surface area contributed by atoms with Crippen LogP contribution in [0.25, 0.3) is 0 Å². The van der Waals surface area contributed by atoms with Crippen molar-refractivity contribution in [2.75, 3.05) is 13.7 Å². The van der Waals surface area contributed by atoms with Crippen LogP contribution >= 0.6 is 7.75 Å². The zero-order valence-electron chi connectivity index (χ0n) is 23.9. The molecule has 6 atom stereocenters. The fourth-order valence-corrected chi connectivity index (χ4v) is 4.99. The lowest BCUT2D eigenvalue weighted by Gasteiger charge is -2.31. The zero-order valence-corrected chi connectivity index (χ0v) is 24.8. The van der Waals surface area contributed by atoms with E-state index < -0.39 is 68.1 Å². The van der Waals surface area contributed by atoms with Gasteiger partial charge in [0.1, 0.15) is 24.0 Å². The molecule has 0 spiro atoms. The van der Waals surface area contributed by atoms with Crippen LogP contribution in [-0.2, 0) is 32.7 Å². The number of hydrogen-bond donors (Lipinski definition) is 4. The summed E-state index contributed by atoms with van der Waals surface area (Å²) < 4.78 is 50.3. The van der Waals surface area contributed by atoms with Crippen molar-refractivity contribution < 1.29 is 42.2 Å². The van der Waals surface area contributed by atoms with Crippen LogP contribution in [0.1, 0.15) is 34.6 Å². The second-order valence-corrected chi connectivity index (χ2v) is 10.6. The van der Waals surface area contributed by atoms with Crippen molar-refractivity contribution in [3.05, 3.63) is 48.7 Å². The van der Waals surface area contributed by atoms with E-state index in [1.807, 2.05) is 0 Å². The van der Waals surface area contributed by atoms with Crippen molar-refractivity contribution in [2.45, 2.75) is 70.7 Å². The molecular formula is C26H39FN5O8P. The maximum Gasteiger partial charge on any atom is 0.459 e. The fraction of sp³-hybridized carbons (Fsp3) is 0.500. The fourth-order valence-electron chi connectivity index (χ4n) is 3.48. The molecular weight excluding hydrogens is 560 g/mol. The van der Waals surface area contributed by atoms with Gasteiger partial charge in [0.25, 0.3) is 0 Å². The van der Waals surface area contributed by atoms with E-state index in [9.17, 15) is 23.7 Å². The molecule has 15 heteroatoms. The molecule has 1 amide bonds. The predicted molar refractivity (Wildman–Crippen MR) is 151 cm³/mol. The van der Waals surface area contributed by atoms with Crippen LogP contribution < -0.4 is 16.6 Å². The number of halogens is 1. The number of allylic oxidation sites excluding steroid dienone is 4. The van der Waals surface area contributed by atoms with Gasteiger partial charge in [0.05, 0.1) is 12.7 Å². The number of ether oxygens (including phenoxy) is 2. The summed E-state index contributed by atoms with van der Waals surface area (Å²) in [5.41, 5.74) is 9.87. The van der Waals surface area contributed by atoms with Gasteiger partial charge in [0.15, 0.2) is 23.4 Å². The van der Waals surface area contributed by atoms with Gasteiger partial charge in [-0.25, -0.2) is 8.96 Å². The van der Waals surface area contributed by atoms with Crippen LogP contribution in [0.15, 0.2) is 53.7 Å². The Labute approximate surface area is 239 Å². The predicted octanol–water partition coefficient (Wildman–Crippen LogP) is 1.77. The summed E-state index contributed by atoms with van der Waals surface area (Å²) in [4.78, 5) is 28.5. The summed E-state index contributed by atoms with van der Waals surface area (Å²) in [5.74, 6) is 2.91. The van der Waals surface area contributed by atoms with E-state index in [0.29, 0.717) is 11.1 Å². The van der Waals surface area contributed by atoms with Gasteiger partial charge in [-0.15, -0.1) is 5.92 Å². The van der Waals surface area contributed by atoms with Crippen LogP contribution in [0.4, 0.5) is 4.39 Å². The van der Waals surface area contributed by atoms with E-state index in [0.717, 1.165) is 0 Å². The highest BCUT2D eigenvalue weighted by Gasteiger charge is 2.56. The molecule has 1 fully saturated rings. The second kappa shape index (κ2) is 16.2. The number of amidine groups is 1. The van der Waals surface area contributed by atoms with Gasteiger partial charge < -0.3 is 30.6 Å². The minimum atomic E-state index is -4.39. The number of aliphatic hydroxyl groups excluding tert-OH is 1. The number of nitrogens with two attached hydrogens (primary N) is 2. The molecule has 6 N–H and O–H groups in total. The first kappa shape index (κ1) is 35.7. The van der Waals surface area contributed by atoms with Crippen molar-refractivity contribution in [3.8, 4) is 11.8 Å². The van der Waals surface area contributed by atoms with Crippen LogP contribution in [0.5, 0.6) is 0 Å². The highest BCUT2D eigenvalue weighted by molar-refractivity contribution is 7.51. The zero-order chi connectivity index (χ0) is 31.4. The van der Waals surface area contributed by atoms with Gasteiger partial charge in [0, 0.05) is 13.2 Å². The minimum Gasteiger partial charge on any atom is -0.462 e. The highest BCUT2D eigenvalue weighted by atomic mass is 31.2. The minimum absolute atomic E-state index is 0.0708. The third-order valence-corrected chi connectivity index (χ3v) is 6.98. The molecule has 1 heterocycles. The monoisotopic (exact) mass is 599 g/mol. The molecule has 1 rings (SSSR count). The molecule has 6 unspecified atom stereocenters. The molecule has 0 saturated carbocycles. The molecule has 0 aromatic carbocycles. The first-order valence-corrected chi connectivity index (χ1v) is 14.0. The van der Waals surface area contributed by atoms with Gasteiger partial charge in [-0.1, -0.05) is 24.7 Å². The molecule has 41 heavy (non-hydrogen) atoms. The number of hydrogen-bond acceptors (Lipinski definition) is 10. The van der Waals surface area contributed by atoms with Crippen molar-refractivity contribution in [1.29, 1.82) is 0 Å². The molecule has 1 aliphatic heterocycles. The molecule has 0 radical (unpaired) electrons. The van der Waals surface area contributed by atoms with Crippen LogP contribution in [0, 0.1) is 11.8 Å². The van der Waals surface area contributed by atoms with Gasteiger partial charge in [-0.3, -0.25) is 24.0 Å². The highest BCUT2D eigenvalue weighted by Crippen LogP contribution is 2.48. The van der Waals surface area contributed by atoms with Crippen LogP contribution in [0.3, 0.4) is 0 Å². The maximum atomic E-state index is 14.4. The van der Waals surface area contributed by atoms with Crippen molar-refractivity contribution in [1.82, 2.24) is 9.99 Å². The number of aliphatic hydroxyl groups is 1. The number of aliphatic imine (C=N–C) groups is 1. The Morgan fingerprint density at radius 3 is 2.59 bits per heavy atom. The van der Waals surface area contributed by atoms with Gasteiger partial charge in [0.2, 0.25) is 6.41 Å². The van der Waals surface area contributed by atoms with Gasteiger partial charge in [-0.05, 0) is 46.8 Å². The standard InChI is InChI=1S/C26H39FN5O8P/c1-8-11-19(12-9-2)40-41(36,31-18(6)24(35)38-17(4)5)37-15-21-22(34)26(29,13-10-3)25(39-21)32(16-33)14-20(27)23(28)30-7/h8-9,11-12,14,16-18,21-22,25,34H,1,15,29H2,2-7H3,(H2,28,30)(H,31,36)/b12-9-,19-11+,20-14+. The van der Waals surface area contributed by atoms with E-state index in [4.69, 9.17) is 30.0 Å². The number of nitrogens with one attached hydrogen (secondary N) is 1. The van der Waals surface area contributed by atoms with E-state index >= 15 is 0 Å². The van der Waals surface area contributed by atoms with Crippen LogP contribution in [0.2, 0.25) is 0 Å². The molecule has 0 aliphatic carbocycles. The number of carbonyl (C=O) groups is 2. The Kier molecular flexibility index (Phi) is 14.1. The number of esters is 1. The molecule has 13 nitrogen and oxygen atoms in total. The maximum absolute atomic E-state index is 14.4. The SMILES string of the molecule is C=C/C=C(\C=C/C)OP(=O)(NC(C)C(=O)OC(C)C)OCC1OC(N(C=O)/C=C(/F)C(N)=NC)C(N)(C#CC)C1O. The number of carbonyl (C=O) groups excluding carboxylic acids is 2. The molecule has 228 valence electrons. The summed E-state index contributed by atoms with van der Waals surface area (Å²) in [5, 5.41) is 13.6. The van der Waals surface area contributed by atoms with E-state index in [-0.39, 0.29) is 12.2 Å². The first-order valence-electron chi connectivity index (χ1n) is 12.5. The number of nitrogens with zero attached hydrogens (tertiary/aromatic N) is 2. The molecule has 1 saturated heterocycles. The van der Waals surface area contributed by atoms with Crippen molar-refractivity contribution >= 4 is 26.0 Å². The largest absolute Gasteiger partial charge is 0.462 e. The van der Waals surface area contributed by atoms with Crippen molar-refractivity contribution in [2.24, 2.45) is 16.5 Å². The third-order valence-electron chi connectivity index (χ3n) is 5.34. The number of amides is 1. The lowest BCUT2D eigenvalue weighted by Crippen LogP contribution is -2.59. The Hall–Kier alpha value is -3.31. The van der Waals surface area contributed by atoms with Crippen LogP contribution in [-0.4, -0.2) is 78.0 Å². The third kappa shape index (κ3) is 9.93. The second-order valence-electron chi connectivity index (χ2n) is 8.94. The Bertz CT molecular complexity index is 1180. The van der Waals surface area contributed by atoms with Gasteiger partial charge in [-0.2, -0.15) is 5.09 Å². The summed E-state index contributed by atoms with van der Waals surface area (Å²) in [6, 6.07) is -1.15. The lowest BCUT2D eigenvalue weighted by atomic mass is 9.91. The quantitative estimate of drug-likeness (QED) is 0.0314. The van der Waals surface area contributed by atoms with Crippen molar-refractivity contribution in [3.63, 3.8) is 0 Å². The summed E-state index contributed by atoms with van der Waals surface area (Å²) >= 11 is 0. The average Bonchev–Trinajstić information content (AvgIpc) is 3.14. The Morgan fingerprint density at radius 1 is 1.41 bits per heavy atom. The smallest absolute Gasteiger partial charge is 0.459 e. The Balaban J connectivity index is 3.39. The Morgan fingerprint density at radius 2 is 2.07 bits per heavy atom. The van der Waals surface area contributed by atoms with E-state index in [1.165, 1.54) is 39.1 Å². The number of rotatable bonds is 15.